The third-order valence-corrected chi connectivity index (χ3v) is 4.76. The second-order valence-electron chi connectivity index (χ2n) is 6.92. The van der Waals surface area contributed by atoms with Gasteiger partial charge in [0.1, 0.15) is 6.61 Å². The Morgan fingerprint density at radius 3 is 2.60 bits per heavy atom. The van der Waals surface area contributed by atoms with Gasteiger partial charge in [0.15, 0.2) is 8.32 Å². The van der Waals surface area contributed by atoms with E-state index in [-0.39, 0.29) is 12.6 Å². The van der Waals surface area contributed by atoms with Gasteiger partial charge in [0, 0.05) is 11.1 Å². The zero-order chi connectivity index (χ0) is 18.4. The highest BCUT2D eigenvalue weighted by atomic mass is 28.4. The van der Waals surface area contributed by atoms with Gasteiger partial charge in [-0.3, -0.25) is 4.90 Å². The molecule has 2 rings (SSSR count). The van der Waals surface area contributed by atoms with Crippen molar-refractivity contribution in [3.05, 3.63) is 58.6 Å². The molecule has 0 aromatic heterocycles. The zero-order valence-corrected chi connectivity index (χ0v) is 16.0. The van der Waals surface area contributed by atoms with E-state index in [9.17, 15) is 4.79 Å². The van der Waals surface area contributed by atoms with Crippen LogP contribution in [0, 0.1) is 0 Å². The first kappa shape index (κ1) is 19.0. The van der Waals surface area contributed by atoms with Crippen LogP contribution in [-0.2, 0) is 15.8 Å². The van der Waals surface area contributed by atoms with Crippen molar-refractivity contribution in [1.82, 2.24) is 4.90 Å². The number of hydrogen-bond donors (Lipinski definition) is 0. The Morgan fingerprint density at radius 1 is 1.32 bits per heavy atom. The van der Waals surface area contributed by atoms with Crippen LogP contribution in [0.5, 0.6) is 0 Å². The summed E-state index contributed by atoms with van der Waals surface area (Å²) in [5.74, 6) is 0. The highest BCUT2D eigenvalue weighted by Gasteiger charge is 2.38. The summed E-state index contributed by atoms with van der Waals surface area (Å²) in [5.41, 5.74) is 9.70. The van der Waals surface area contributed by atoms with Crippen LogP contribution >= 0.6 is 0 Å². The van der Waals surface area contributed by atoms with Gasteiger partial charge in [-0.15, -0.1) is 0 Å². The summed E-state index contributed by atoms with van der Waals surface area (Å²) in [7, 11) is -1.89. The molecule has 134 valence electrons. The quantitative estimate of drug-likeness (QED) is 0.336. The van der Waals surface area contributed by atoms with Crippen molar-refractivity contribution < 1.29 is 14.0 Å². The topological polar surface area (TPSA) is 87.5 Å². The van der Waals surface area contributed by atoms with Gasteiger partial charge in [0.25, 0.3) is 0 Å². The van der Waals surface area contributed by atoms with E-state index in [4.69, 9.17) is 14.7 Å². The van der Waals surface area contributed by atoms with Crippen LogP contribution in [0.4, 0.5) is 4.79 Å². The van der Waals surface area contributed by atoms with E-state index >= 15 is 0 Å². The summed E-state index contributed by atoms with van der Waals surface area (Å²) in [6, 6.07) is 8.77. The van der Waals surface area contributed by atoms with E-state index in [2.05, 4.69) is 29.7 Å². The van der Waals surface area contributed by atoms with Gasteiger partial charge in [-0.05, 0) is 37.7 Å². The van der Waals surface area contributed by atoms with E-state index in [0.29, 0.717) is 0 Å². The third-order valence-electron chi connectivity index (χ3n) is 3.79. The monoisotopic (exact) mass is 360 g/mol. The average Bonchev–Trinajstić information content (AvgIpc) is 2.56. The summed E-state index contributed by atoms with van der Waals surface area (Å²) in [6.07, 6.45) is 2.46. The summed E-state index contributed by atoms with van der Waals surface area (Å²) >= 11 is 0. The van der Waals surface area contributed by atoms with Crippen molar-refractivity contribution in [3.8, 4) is 0 Å². The van der Waals surface area contributed by atoms with Crippen LogP contribution in [0.25, 0.3) is 10.4 Å². The van der Waals surface area contributed by atoms with Gasteiger partial charge in [0.05, 0.1) is 18.2 Å². The number of hydrogen-bond acceptors (Lipinski definition) is 4. The number of azide groups is 1. The molecule has 1 aromatic rings. The van der Waals surface area contributed by atoms with E-state index in [1.807, 2.05) is 37.3 Å². The van der Waals surface area contributed by atoms with Gasteiger partial charge in [-0.2, -0.15) is 0 Å². The van der Waals surface area contributed by atoms with Crippen LogP contribution in [0.2, 0.25) is 19.6 Å². The highest BCUT2D eigenvalue weighted by Crippen LogP contribution is 2.25. The Hall–Kier alpha value is -2.28. The van der Waals surface area contributed by atoms with Crippen molar-refractivity contribution in [2.45, 2.75) is 51.4 Å². The third kappa shape index (κ3) is 5.35. The predicted molar refractivity (Wildman–Crippen MR) is 98.2 cm³/mol. The number of nitrogens with zero attached hydrogens (tertiary/aromatic N) is 4. The lowest BCUT2D eigenvalue weighted by Crippen LogP contribution is -2.53. The Balaban J connectivity index is 2.10. The second-order valence-corrected chi connectivity index (χ2v) is 11.4. The molecule has 0 radical (unpaired) electrons. The minimum Gasteiger partial charge on any atom is -0.444 e. The Morgan fingerprint density at radius 2 is 2.00 bits per heavy atom. The first-order valence-corrected chi connectivity index (χ1v) is 11.6. The summed E-state index contributed by atoms with van der Waals surface area (Å²) in [4.78, 5) is 16.9. The van der Waals surface area contributed by atoms with Gasteiger partial charge < -0.3 is 9.16 Å². The number of carbonyl (C=O) groups excluding carboxylic acids is 1. The fraction of sp³-hybridized carbons (Fsp3) is 0.471. The number of carbonyl (C=O) groups is 1. The van der Waals surface area contributed by atoms with Crippen LogP contribution in [0.1, 0.15) is 12.5 Å². The smallest absolute Gasteiger partial charge is 0.414 e. The van der Waals surface area contributed by atoms with Crippen LogP contribution in [-0.4, -0.2) is 37.5 Å². The van der Waals surface area contributed by atoms with E-state index < -0.39 is 26.6 Å². The molecule has 1 aromatic carbocycles. The molecule has 0 unspecified atom stereocenters. The molecule has 0 aliphatic carbocycles. The van der Waals surface area contributed by atoms with Gasteiger partial charge in [-0.1, -0.05) is 41.5 Å². The molecule has 0 saturated heterocycles. The second kappa shape index (κ2) is 8.20. The van der Waals surface area contributed by atoms with Crippen LogP contribution in [0.3, 0.4) is 0 Å². The number of benzene rings is 1. The average molecular weight is 360 g/mol. The minimum atomic E-state index is -1.89. The maximum Gasteiger partial charge on any atom is 0.414 e. The maximum atomic E-state index is 12.5. The largest absolute Gasteiger partial charge is 0.444 e. The molecule has 0 saturated carbocycles. The van der Waals surface area contributed by atoms with Gasteiger partial charge >= 0.3 is 6.09 Å². The molecule has 3 atom stereocenters. The highest BCUT2D eigenvalue weighted by molar-refractivity contribution is 6.69. The molecule has 0 bridgehead atoms. The molecule has 1 amide bonds. The Labute approximate surface area is 149 Å². The van der Waals surface area contributed by atoms with Crippen LogP contribution in [0.15, 0.2) is 47.7 Å². The fourth-order valence-electron chi connectivity index (χ4n) is 2.63. The van der Waals surface area contributed by atoms with Crippen LogP contribution < -0.4 is 0 Å². The molecule has 1 heterocycles. The van der Waals surface area contributed by atoms with E-state index in [1.54, 1.807) is 12.3 Å². The molecule has 0 fully saturated rings. The SMILES string of the molecule is C[C@@H]1[C@@H](O[Si](C)(C)C)[C@@H](N=[N+]=[N-])C=CN1C(=O)OCc1ccccc1. The lowest BCUT2D eigenvalue weighted by molar-refractivity contribution is 0.0521. The molecule has 0 spiro atoms. The summed E-state index contributed by atoms with van der Waals surface area (Å²) in [5, 5.41) is 3.80. The molecule has 7 nitrogen and oxygen atoms in total. The summed E-state index contributed by atoms with van der Waals surface area (Å²) < 4.78 is 11.6. The standard InChI is InChI=1S/C17H24N4O3Si/c1-13-16(24-25(2,3)4)15(19-20-18)10-11-21(13)17(22)23-12-14-8-6-5-7-9-14/h5-11,13,15-16H,12H2,1-4H3/t13-,15+,16-/m1/s1. The summed E-state index contributed by atoms with van der Waals surface area (Å²) in [6.45, 7) is 8.25. The fourth-order valence-corrected chi connectivity index (χ4v) is 3.78. The van der Waals surface area contributed by atoms with Gasteiger partial charge in [0.2, 0.25) is 0 Å². The van der Waals surface area contributed by atoms with Crippen molar-refractivity contribution in [1.29, 1.82) is 0 Å². The van der Waals surface area contributed by atoms with E-state index in [0.717, 1.165) is 5.56 Å². The molecule has 0 N–H and O–H groups in total. The molecule has 1 aliphatic heterocycles. The molecule has 8 heteroatoms. The molecular weight excluding hydrogens is 336 g/mol. The number of amides is 1. The first-order chi connectivity index (χ1) is 11.8. The lowest BCUT2D eigenvalue weighted by Gasteiger charge is -2.40. The van der Waals surface area contributed by atoms with Crippen molar-refractivity contribution in [2.24, 2.45) is 5.11 Å². The van der Waals surface area contributed by atoms with Crippen molar-refractivity contribution >= 4 is 14.4 Å². The van der Waals surface area contributed by atoms with Gasteiger partial charge in [-0.25, -0.2) is 4.79 Å². The first-order valence-electron chi connectivity index (χ1n) is 8.21. The molecule has 25 heavy (non-hydrogen) atoms. The number of rotatable bonds is 5. The molecule has 1 aliphatic rings. The number of ether oxygens (including phenoxy) is 1. The normalized spacial score (nSPS) is 23.0. The van der Waals surface area contributed by atoms with Crippen molar-refractivity contribution in [3.63, 3.8) is 0 Å². The zero-order valence-electron chi connectivity index (χ0n) is 15.0. The minimum absolute atomic E-state index is 0.204. The predicted octanol–water partition coefficient (Wildman–Crippen LogP) is 4.44. The Kier molecular flexibility index (Phi) is 6.25. The lowest BCUT2D eigenvalue weighted by atomic mass is 10.0. The maximum absolute atomic E-state index is 12.5. The Bertz CT molecular complexity index is 668. The van der Waals surface area contributed by atoms with E-state index in [1.165, 1.54) is 4.90 Å². The van der Waals surface area contributed by atoms with Crippen molar-refractivity contribution in [2.75, 3.05) is 0 Å². The molecular formula is C17H24N4O3Si.